The summed E-state index contributed by atoms with van der Waals surface area (Å²) in [5.41, 5.74) is 0.492. The highest BCUT2D eigenvalue weighted by atomic mass is 35.5. The summed E-state index contributed by atoms with van der Waals surface area (Å²) in [6.07, 6.45) is -0.169. The number of aromatic hydroxyl groups is 2. The van der Waals surface area contributed by atoms with Crippen molar-refractivity contribution in [1.82, 2.24) is 4.90 Å². The maximum absolute atomic E-state index is 12.8. The van der Waals surface area contributed by atoms with Gasteiger partial charge in [0.05, 0.1) is 11.1 Å². The number of likely N-dealkylation sites (tertiary alicyclic amines) is 1. The van der Waals surface area contributed by atoms with E-state index in [4.69, 9.17) is 16.0 Å². The van der Waals surface area contributed by atoms with Crippen LogP contribution in [-0.4, -0.2) is 46.5 Å². The van der Waals surface area contributed by atoms with Crippen LogP contribution < -0.4 is 17.8 Å². The average molecular weight is 437 g/mol. The van der Waals surface area contributed by atoms with E-state index in [2.05, 4.69) is 0 Å². The van der Waals surface area contributed by atoms with Crippen molar-refractivity contribution >= 4 is 22.6 Å². The standard InChI is InChI=1S/C21H20ClNO5.ClH/c1-23-7-6-12(17(27)10-23)19-14(24)8-15(25)20-16(26)9-18(28-21(19)20)11-4-2-3-5-13(11)22;/h2-5,8-9,12,17,24-25,27H,6-7,10H2,1H3;1H/p-1/t12-,17+;/m0./s1. The number of hydrogen-bond acceptors (Lipinski definition) is 6. The van der Waals surface area contributed by atoms with E-state index in [1.165, 1.54) is 6.07 Å². The first kappa shape index (κ1) is 21.5. The Bertz CT molecular complexity index is 1110. The topological polar surface area (TPSA) is 94.1 Å². The Morgan fingerprint density at radius 1 is 1.17 bits per heavy atom. The van der Waals surface area contributed by atoms with Crippen molar-refractivity contribution in [3.05, 3.63) is 57.2 Å². The normalized spacial score (nSPS) is 19.8. The zero-order valence-corrected chi connectivity index (χ0v) is 17.1. The second-order valence-electron chi connectivity index (χ2n) is 7.21. The van der Waals surface area contributed by atoms with Crippen LogP contribution in [0.15, 0.2) is 45.6 Å². The Hall–Kier alpha value is -2.25. The number of rotatable bonds is 2. The van der Waals surface area contributed by atoms with Gasteiger partial charge in [-0.3, -0.25) is 4.79 Å². The van der Waals surface area contributed by atoms with E-state index in [0.29, 0.717) is 29.1 Å². The molecule has 154 valence electrons. The van der Waals surface area contributed by atoms with Gasteiger partial charge >= 0.3 is 0 Å². The van der Waals surface area contributed by atoms with Crippen LogP contribution in [-0.2, 0) is 0 Å². The number of β-amino-alcohol motifs (C(OH)–C–C–N with tert-alkyl or cyclic N) is 1. The Morgan fingerprint density at radius 2 is 1.90 bits per heavy atom. The maximum atomic E-state index is 12.8. The lowest BCUT2D eigenvalue weighted by Crippen LogP contribution is -3.00. The number of halogens is 2. The molecule has 2 heterocycles. The minimum absolute atomic E-state index is 0. The number of nitrogens with zero attached hydrogens (tertiary/aromatic N) is 1. The van der Waals surface area contributed by atoms with Gasteiger partial charge in [0.1, 0.15) is 28.2 Å². The molecule has 0 aliphatic carbocycles. The van der Waals surface area contributed by atoms with Gasteiger partial charge in [-0.25, -0.2) is 0 Å². The summed E-state index contributed by atoms with van der Waals surface area (Å²) in [5.74, 6) is -0.767. The molecule has 4 rings (SSSR count). The zero-order chi connectivity index (χ0) is 20.0. The minimum Gasteiger partial charge on any atom is -1.00 e. The SMILES string of the molecule is CN1CC[C@H](c2c(O)cc(O)c3c(=O)cc(-c4ccccc4Cl)oc23)[C@H](O)C1.[Cl-]. The highest BCUT2D eigenvalue weighted by molar-refractivity contribution is 6.33. The number of fused-ring (bicyclic) bond motifs is 1. The van der Waals surface area contributed by atoms with Gasteiger partial charge in [0.2, 0.25) is 0 Å². The first-order valence-electron chi connectivity index (χ1n) is 9.01. The second kappa shape index (κ2) is 8.24. The Morgan fingerprint density at radius 3 is 2.59 bits per heavy atom. The third kappa shape index (κ3) is 3.81. The number of phenols is 2. The highest BCUT2D eigenvalue weighted by Gasteiger charge is 2.33. The van der Waals surface area contributed by atoms with Gasteiger partial charge in [-0.05, 0) is 32.1 Å². The lowest BCUT2D eigenvalue weighted by molar-refractivity contribution is -0.0000111. The number of piperidine rings is 1. The van der Waals surface area contributed by atoms with Crippen molar-refractivity contribution in [3.8, 4) is 22.8 Å². The van der Waals surface area contributed by atoms with Gasteiger partial charge in [-0.15, -0.1) is 0 Å². The fraction of sp³-hybridized carbons (Fsp3) is 0.286. The van der Waals surface area contributed by atoms with Crippen molar-refractivity contribution in [2.24, 2.45) is 0 Å². The smallest absolute Gasteiger partial charge is 0.197 e. The van der Waals surface area contributed by atoms with Crippen LogP contribution in [0.4, 0.5) is 0 Å². The molecule has 0 bridgehead atoms. The molecule has 0 unspecified atom stereocenters. The maximum Gasteiger partial charge on any atom is 0.197 e. The summed E-state index contributed by atoms with van der Waals surface area (Å²) >= 11 is 6.25. The van der Waals surface area contributed by atoms with Crippen LogP contribution >= 0.6 is 11.6 Å². The lowest BCUT2D eigenvalue weighted by atomic mass is 9.85. The molecule has 6 nitrogen and oxygen atoms in total. The molecule has 0 radical (unpaired) electrons. The Kier molecular flexibility index (Phi) is 6.10. The third-order valence-electron chi connectivity index (χ3n) is 5.29. The minimum atomic E-state index is -0.744. The molecule has 29 heavy (non-hydrogen) atoms. The number of benzene rings is 2. The van der Waals surface area contributed by atoms with E-state index < -0.39 is 17.5 Å². The van der Waals surface area contributed by atoms with Crippen LogP contribution in [0, 0.1) is 0 Å². The predicted molar refractivity (Wildman–Crippen MR) is 107 cm³/mol. The largest absolute Gasteiger partial charge is 1.00 e. The molecule has 2 aromatic carbocycles. The molecular weight excluding hydrogens is 417 g/mol. The molecule has 8 heteroatoms. The number of aliphatic hydroxyl groups excluding tert-OH is 1. The number of hydrogen-bond donors (Lipinski definition) is 3. The number of phenolic OH excluding ortho intramolecular Hbond substituents is 2. The van der Waals surface area contributed by atoms with Gasteiger partial charge in [-0.1, -0.05) is 23.7 Å². The summed E-state index contributed by atoms with van der Waals surface area (Å²) in [5, 5.41) is 31.8. The van der Waals surface area contributed by atoms with Gasteiger partial charge in [0.25, 0.3) is 0 Å². The van der Waals surface area contributed by atoms with Crippen molar-refractivity contribution in [2.45, 2.75) is 18.4 Å². The van der Waals surface area contributed by atoms with E-state index in [1.807, 2.05) is 11.9 Å². The summed E-state index contributed by atoms with van der Waals surface area (Å²) in [6.45, 7) is 1.15. The zero-order valence-electron chi connectivity index (χ0n) is 15.6. The van der Waals surface area contributed by atoms with Crippen molar-refractivity contribution in [1.29, 1.82) is 0 Å². The molecule has 2 atom stereocenters. The highest BCUT2D eigenvalue weighted by Crippen LogP contribution is 2.42. The molecule has 3 N–H and O–H groups in total. The third-order valence-corrected chi connectivity index (χ3v) is 5.62. The van der Waals surface area contributed by atoms with Crippen LogP contribution in [0.1, 0.15) is 17.9 Å². The Labute approximate surface area is 178 Å². The molecular formula is C21H20Cl2NO5-. The van der Waals surface area contributed by atoms with Crippen molar-refractivity contribution in [2.75, 3.05) is 20.1 Å². The number of likely N-dealkylation sites (N-methyl/N-ethyl adjacent to an activating group) is 1. The Balaban J connectivity index is 0.00000240. The molecule has 1 aliphatic rings. The van der Waals surface area contributed by atoms with Crippen LogP contribution in [0.2, 0.25) is 5.02 Å². The van der Waals surface area contributed by atoms with Gasteiger partial charge < -0.3 is 37.0 Å². The van der Waals surface area contributed by atoms with E-state index >= 15 is 0 Å². The van der Waals surface area contributed by atoms with Gasteiger partial charge in [0.15, 0.2) is 5.43 Å². The summed E-state index contributed by atoms with van der Waals surface area (Å²) in [6, 6.07) is 9.35. The van der Waals surface area contributed by atoms with E-state index in [9.17, 15) is 20.1 Å². The first-order valence-corrected chi connectivity index (χ1v) is 9.38. The quantitative estimate of drug-likeness (QED) is 0.535. The van der Waals surface area contributed by atoms with Crippen LogP contribution in [0.3, 0.4) is 0 Å². The molecule has 1 saturated heterocycles. The monoisotopic (exact) mass is 436 g/mol. The molecule has 0 saturated carbocycles. The van der Waals surface area contributed by atoms with Crippen LogP contribution in [0.25, 0.3) is 22.3 Å². The van der Waals surface area contributed by atoms with Gasteiger partial charge in [-0.2, -0.15) is 0 Å². The molecule has 0 spiro atoms. The second-order valence-corrected chi connectivity index (χ2v) is 7.62. The molecule has 3 aromatic rings. The lowest BCUT2D eigenvalue weighted by Gasteiger charge is -2.34. The predicted octanol–water partition coefficient (Wildman–Crippen LogP) is 0.309. The first-order chi connectivity index (χ1) is 13.4. The summed E-state index contributed by atoms with van der Waals surface area (Å²) < 4.78 is 6.00. The van der Waals surface area contributed by atoms with Crippen LogP contribution in [0.5, 0.6) is 11.5 Å². The summed E-state index contributed by atoms with van der Waals surface area (Å²) in [7, 11) is 1.91. The fourth-order valence-electron chi connectivity index (χ4n) is 3.90. The molecule has 1 aromatic heterocycles. The van der Waals surface area contributed by atoms with Gasteiger partial charge in [0, 0.05) is 35.7 Å². The van der Waals surface area contributed by atoms with Crippen molar-refractivity contribution < 1.29 is 32.1 Å². The molecule has 1 aliphatic heterocycles. The fourth-order valence-corrected chi connectivity index (χ4v) is 4.13. The van der Waals surface area contributed by atoms with E-state index in [-0.39, 0.29) is 40.6 Å². The van der Waals surface area contributed by atoms with E-state index in [1.54, 1.807) is 24.3 Å². The number of aliphatic hydroxyl groups is 1. The summed E-state index contributed by atoms with van der Waals surface area (Å²) in [4.78, 5) is 14.8. The van der Waals surface area contributed by atoms with E-state index in [0.717, 1.165) is 12.6 Å². The molecule has 1 fully saturated rings. The molecule has 0 amide bonds. The van der Waals surface area contributed by atoms with Crippen molar-refractivity contribution in [3.63, 3.8) is 0 Å². The average Bonchev–Trinajstić information content (AvgIpc) is 2.63.